The van der Waals surface area contributed by atoms with Crippen molar-refractivity contribution < 1.29 is 18.0 Å². The molecule has 0 fully saturated rings. The van der Waals surface area contributed by atoms with Crippen molar-refractivity contribution in [3.05, 3.63) is 117 Å². The lowest BCUT2D eigenvalue weighted by Gasteiger charge is -2.28. The zero-order valence-corrected chi connectivity index (χ0v) is 28.0. The van der Waals surface area contributed by atoms with E-state index in [1.165, 1.54) is 29.5 Å². The smallest absolute Gasteiger partial charge is 0.336 e. The maximum atomic E-state index is 14.1. The van der Waals surface area contributed by atoms with Crippen molar-refractivity contribution in [1.82, 2.24) is 19.4 Å². The second-order valence-electron chi connectivity index (χ2n) is 12.0. The molecule has 47 heavy (non-hydrogen) atoms. The second kappa shape index (κ2) is 15.3. The van der Waals surface area contributed by atoms with E-state index in [-0.39, 0.29) is 18.0 Å². The number of carbonyl (C=O) groups is 1. The van der Waals surface area contributed by atoms with Gasteiger partial charge in [-0.1, -0.05) is 91.8 Å². The van der Waals surface area contributed by atoms with E-state index in [1.807, 2.05) is 40.7 Å². The number of aromatic nitrogens is 2. The Balaban J connectivity index is 1.37. The van der Waals surface area contributed by atoms with Gasteiger partial charge in [0.1, 0.15) is 6.54 Å². The molecule has 0 bridgehead atoms. The molecule has 0 radical (unpaired) electrons. The number of hydrogen-bond donors (Lipinski definition) is 0. The van der Waals surface area contributed by atoms with Gasteiger partial charge in [0.05, 0.1) is 5.56 Å². The minimum atomic E-state index is -4.38. The van der Waals surface area contributed by atoms with E-state index < -0.39 is 11.7 Å². The average molecular weight is 663 g/mol. The minimum absolute atomic E-state index is 0.0549. The molecule has 1 amide bonds. The molecule has 4 aromatic rings. The monoisotopic (exact) mass is 662 g/mol. The van der Waals surface area contributed by atoms with Crippen LogP contribution < -0.4 is 5.56 Å². The molecule has 0 saturated heterocycles. The Morgan fingerprint density at radius 2 is 1.49 bits per heavy atom. The number of benzene rings is 3. The predicted molar refractivity (Wildman–Crippen MR) is 181 cm³/mol. The molecule has 5 rings (SSSR count). The van der Waals surface area contributed by atoms with Crippen molar-refractivity contribution in [2.24, 2.45) is 0 Å². The first kappa shape index (κ1) is 34.4. The van der Waals surface area contributed by atoms with Gasteiger partial charge in [0.25, 0.3) is 5.56 Å². The fourth-order valence-electron chi connectivity index (χ4n) is 5.90. The lowest BCUT2D eigenvalue weighted by molar-refractivity contribution is -0.137. The summed E-state index contributed by atoms with van der Waals surface area (Å²) in [7, 11) is 0. The fraction of sp³-hybridized carbons (Fsp3) is 0.378. The highest BCUT2D eigenvalue weighted by molar-refractivity contribution is 7.98. The van der Waals surface area contributed by atoms with Crippen LogP contribution in [-0.4, -0.2) is 51.4 Å². The Morgan fingerprint density at radius 1 is 0.872 bits per heavy atom. The zero-order chi connectivity index (χ0) is 33.6. The van der Waals surface area contributed by atoms with E-state index >= 15 is 0 Å². The second-order valence-corrected chi connectivity index (χ2v) is 12.9. The van der Waals surface area contributed by atoms with Crippen LogP contribution in [0.15, 0.2) is 82.7 Å². The highest BCUT2D eigenvalue weighted by Gasteiger charge is 2.30. The summed E-state index contributed by atoms with van der Waals surface area (Å²) in [5.41, 5.74) is 5.46. The number of rotatable bonds is 13. The maximum Gasteiger partial charge on any atom is 0.416 e. The van der Waals surface area contributed by atoms with Crippen molar-refractivity contribution in [3.8, 4) is 11.1 Å². The lowest BCUT2D eigenvalue weighted by atomic mass is 10.0. The number of carbonyl (C=O) groups excluding carboxylic acids is 1. The molecule has 0 aliphatic heterocycles. The number of nitrogens with zero attached hydrogens (tertiary/aromatic N) is 4. The van der Waals surface area contributed by atoms with Gasteiger partial charge in [-0.25, -0.2) is 0 Å². The molecule has 1 aliphatic rings. The summed E-state index contributed by atoms with van der Waals surface area (Å²) in [6, 6.07) is 21.0. The molecule has 3 aromatic carbocycles. The molecule has 0 spiro atoms. The van der Waals surface area contributed by atoms with Crippen LogP contribution in [0.2, 0.25) is 0 Å². The minimum Gasteiger partial charge on any atom is -0.336 e. The van der Waals surface area contributed by atoms with Gasteiger partial charge >= 0.3 is 6.18 Å². The van der Waals surface area contributed by atoms with Crippen LogP contribution in [0.1, 0.15) is 53.8 Å². The number of halogens is 3. The largest absolute Gasteiger partial charge is 0.416 e. The molecule has 1 heterocycles. The SMILES string of the molecule is CCN(CC)CCN(Cc1ccc(-c2ccc(C(F)(F)F)cc2)cc1)C(=O)Cn1c(SCc2ccc(C)cc2)nc(=O)c2c1CCC2. The molecule has 0 N–H and O–H groups in total. The Labute approximate surface area is 278 Å². The number of likely N-dealkylation sites (N-methyl/N-ethyl adjacent to an activating group) is 1. The third-order valence-corrected chi connectivity index (χ3v) is 9.84. The highest BCUT2D eigenvalue weighted by atomic mass is 32.2. The Kier molecular flexibility index (Phi) is 11.2. The van der Waals surface area contributed by atoms with E-state index in [4.69, 9.17) is 0 Å². The van der Waals surface area contributed by atoms with Gasteiger partial charge in [0.15, 0.2) is 5.16 Å². The molecule has 10 heteroatoms. The highest BCUT2D eigenvalue weighted by Crippen LogP contribution is 2.31. The maximum absolute atomic E-state index is 14.1. The quantitative estimate of drug-likeness (QED) is 0.110. The first-order chi connectivity index (χ1) is 22.5. The number of fused-ring (bicyclic) bond motifs is 1. The van der Waals surface area contributed by atoms with Crippen molar-refractivity contribution in [2.45, 2.75) is 70.2 Å². The van der Waals surface area contributed by atoms with Crippen LogP contribution in [0.25, 0.3) is 11.1 Å². The summed E-state index contributed by atoms with van der Waals surface area (Å²) in [5.74, 6) is 0.581. The summed E-state index contributed by atoms with van der Waals surface area (Å²) in [6.45, 7) is 9.71. The first-order valence-corrected chi connectivity index (χ1v) is 17.1. The summed E-state index contributed by atoms with van der Waals surface area (Å²) < 4.78 is 41.0. The molecular weight excluding hydrogens is 621 g/mol. The third kappa shape index (κ3) is 8.73. The Morgan fingerprint density at radius 3 is 2.11 bits per heavy atom. The summed E-state index contributed by atoms with van der Waals surface area (Å²) in [5, 5.41) is 0.564. The molecule has 6 nitrogen and oxygen atoms in total. The van der Waals surface area contributed by atoms with E-state index in [1.54, 1.807) is 0 Å². The number of alkyl halides is 3. The van der Waals surface area contributed by atoms with Gasteiger partial charge in [-0.05, 0) is 73.7 Å². The molecule has 1 aromatic heterocycles. The van der Waals surface area contributed by atoms with Gasteiger partial charge < -0.3 is 14.4 Å². The predicted octanol–water partition coefficient (Wildman–Crippen LogP) is 7.39. The number of hydrogen-bond acceptors (Lipinski definition) is 5. The van der Waals surface area contributed by atoms with E-state index in [0.29, 0.717) is 41.5 Å². The number of thioether (sulfide) groups is 1. The van der Waals surface area contributed by atoms with Crippen molar-refractivity contribution in [3.63, 3.8) is 0 Å². The van der Waals surface area contributed by atoms with Gasteiger partial charge in [-0.3, -0.25) is 9.59 Å². The fourth-order valence-corrected chi connectivity index (χ4v) is 6.86. The Bertz CT molecular complexity index is 1720. The van der Waals surface area contributed by atoms with Crippen molar-refractivity contribution >= 4 is 17.7 Å². The average Bonchev–Trinajstić information content (AvgIpc) is 3.57. The number of aryl methyl sites for hydroxylation is 1. The van der Waals surface area contributed by atoms with E-state index in [2.05, 4.69) is 48.0 Å². The van der Waals surface area contributed by atoms with E-state index in [0.717, 1.165) is 67.0 Å². The van der Waals surface area contributed by atoms with Crippen molar-refractivity contribution in [2.75, 3.05) is 26.2 Å². The first-order valence-electron chi connectivity index (χ1n) is 16.1. The van der Waals surface area contributed by atoms with Gasteiger partial charge in [0.2, 0.25) is 5.91 Å². The standard InChI is InChI=1S/C37H41F3N4O2S/c1-4-42(5-2)21-22-43(23-27-13-15-29(16-14-27)30-17-19-31(20-18-30)37(38,39)40)34(45)24-44-33-8-6-7-32(33)35(46)41-36(44)47-25-28-11-9-26(3)10-12-28/h9-20H,4-8,21-25H2,1-3H3. The van der Waals surface area contributed by atoms with Crippen LogP contribution in [-0.2, 0) is 42.7 Å². The van der Waals surface area contributed by atoms with Crippen LogP contribution in [0, 0.1) is 6.92 Å². The molecule has 0 saturated carbocycles. The van der Waals surface area contributed by atoms with Crippen LogP contribution >= 0.6 is 11.8 Å². The van der Waals surface area contributed by atoms with Crippen molar-refractivity contribution in [1.29, 1.82) is 0 Å². The zero-order valence-electron chi connectivity index (χ0n) is 27.1. The normalized spacial score (nSPS) is 12.8. The van der Waals surface area contributed by atoms with Gasteiger partial charge in [-0.2, -0.15) is 18.2 Å². The summed E-state index contributed by atoms with van der Waals surface area (Å²) in [6.07, 6.45) is -2.10. The molecule has 0 atom stereocenters. The molecular formula is C37H41F3N4O2S. The lowest BCUT2D eigenvalue weighted by Crippen LogP contribution is -2.40. The summed E-state index contributed by atoms with van der Waals surface area (Å²) >= 11 is 1.48. The third-order valence-electron chi connectivity index (χ3n) is 8.79. The van der Waals surface area contributed by atoms with Gasteiger partial charge in [0, 0.05) is 36.6 Å². The molecule has 0 unspecified atom stereocenters. The van der Waals surface area contributed by atoms with Crippen LogP contribution in [0.3, 0.4) is 0 Å². The van der Waals surface area contributed by atoms with Crippen LogP contribution in [0.5, 0.6) is 0 Å². The van der Waals surface area contributed by atoms with E-state index in [9.17, 15) is 22.8 Å². The summed E-state index contributed by atoms with van der Waals surface area (Å²) in [4.78, 5) is 35.7. The van der Waals surface area contributed by atoms with Gasteiger partial charge in [-0.15, -0.1) is 0 Å². The topological polar surface area (TPSA) is 58.4 Å². The number of amides is 1. The Hall–Kier alpha value is -3.89. The van der Waals surface area contributed by atoms with Crippen LogP contribution in [0.4, 0.5) is 13.2 Å². The molecule has 1 aliphatic carbocycles. The molecule has 248 valence electrons.